The van der Waals surface area contributed by atoms with E-state index in [4.69, 9.17) is 4.74 Å². The van der Waals surface area contributed by atoms with E-state index in [2.05, 4.69) is 6.58 Å². The van der Waals surface area contributed by atoms with E-state index < -0.39 is 22.9 Å². The number of Topliss-reactive ketones (excluding diaryl/α,β-unsaturated/α-hetero) is 2. The molecular formula is C19H22O3. The van der Waals surface area contributed by atoms with Gasteiger partial charge in [-0.25, -0.2) is 0 Å². The predicted molar refractivity (Wildman–Crippen MR) is 85.1 cm³/mol. The minimum Gasteiger partial charge on any atom is -0.486 e. The molecule has 0 aromatic heterocycles. The van der Waals surface area contributed by atoms with Gasteiger partial charge in [0.2, 0.25) is 0 Å². The van der Waals surface area contributed by atoms with Crippen molar-refractivity contribution in [2.24, 2.45) is 17.3 Å². The van der Waals surface area contributed by atoms with Gasteiger partial charge in [0.1, 0.15) is 17.1 Å². The monoisotopic (exact) mass is 298 g/mol. The van der Waals surface area contributed by atoms with Crippen LogP contribution in [-0.4, -0.2) is 17.2 Å². The number of allylic oxidation sites excluding steroid dienone is 1. The topological polar surface area (TPSA) is 43.4 Å². The maximum Gasteiger partial charge on any atom is 0.171 e. The van der Waals surface area contributed by atoms with E-state index in [1.165, 1.54) is 0 Å². The molecule has 0 radical (unpaired) electrons. The van der Waals surface area contributed by atoms with Gasteiger partial charge in [-0.15, -0.1) is 6.58 Å². The van der Waals surface area contributed by atoms with Gasteiger partial charge >= 0.3 is 0 Å². The summed E-state index contributed by atoms with van der Waals surface area (Å²) in [5.41, 5.74) is 0.288. The van der Waals surface area contributed by atoms with Crippen molar-refractivity contribution in [2.45, 2.75) is 39.7 Å². The molecule has 116 valence electrons. The zero-order valence-electron chi connectivity index (χ0n) is 13.6. The summed E-state index contributed by atoms with van der Waals surface area (Å²) in [7, 11) is 0. The van der Waals surface area contributed by atoms with Crippen LogP contribution in [0, 0.1) is 24.2 Å². The number of ether oxygens (including phenoxy) is 1. The molecule has 3 rings (SSSR count). The highest BCUT2D eigenvalue weighted by atomic mass is 16.5. The smallest absolute Gasteiger partial charge is 0.171 e. The zero-order valence-corrected chi connectivity index (χ0v) is 13.6. The van der Waals surface area contributed by atoms with E-state index in [0.29, 0.717) is 17.7 Å². The van der Waals surface area contributed by atoms with Crippen LogP contribution >= 0.6 is 0 Å². The first kappa shape index (κ1) is 15.0. The number of ketones is 2. The molecule has 22 heavy (non-hydrogen) atoms. The van der Waals surface area contributed by atoms with Gasteiger partial charge in [0.05, 0.1) is 11.5 Å². The number of carbonyl (C=O) groups excluding carboxylic acids is 2. The standard InChI is InChI=1S/C19H22O3/c1-6-19(5)10-12(20)15-16(19)17(21)14-11(2)8-7-9-13(14)22-18(15,3)4/h6-9,15-16H,1,10H2,2-5H3/t15-,16-,19+/m0/s1. The van der Waals surface area contributed by atoms with E-state index in [9.17, 15) is 9.59 Å². The molecular weight excluding hydrogens is 276 g/mol. The SMILES string of the molecule is C=C[C@]1(C)CC(=O)[C@H]2[C@H]1C(=O)c1c(C)cccc1OC2(C)C. The molecule has 0 unspecified atom stereocenters. The molecule has 3 atom stereocenters. The van der Waals surface area contributed by atoms with Crippen molar-refractivity contribution < 1.29 is 14.3 Å². The first-order chi connectivity index (χ1) is 10.2. The summed E-state index contributed by atoms with van der Waals surface area (Å²) in [5.74, 6) is -0.151. The van der Waals surface area contributed by atoms with E-state index in [1.54, 1.807) is 6.08 Å². The van der Waals surface area contributed by atoms with Crippen LogP contribution in [0.4, 0.5) is 0 Å². The number of benzene rings is 1. The average Bonchev–Trinajstić information content (AvgIpc) is 2.65. The molecule has 2 aliphatic rings. The lowest BCUT2D eigenvalue weighted by Gasteiger charge is -2.34. The van der Waals surface area contributed by atoms with Crippen molar-refractivity contribution in [1.82, 2.24) is 0 Å². The van der Waals surface area contributed by atoms with Crippen molar-refractivity contribution in [2.75, 3.05) is 0 Å². The summed E-state index contributed by atoms with van der Waals surface area (Å²) in [4.78, 5) is 25.9. The molecule has 1 aromatic carbocycles. The molecule has 1 saturated carbocycles. The number of hydrogen-bond donors (Lipinski definition) is 0. The minimum atomic E-state index is -0.711. The minimum absolute atomic E-state index is 0.0110. The molecule has 3 heteroatoms. The van der Waals surface area contributed by atoms with E-state index in [1.807, 2.05) is 45.9 Å². The van der Waals surface area contributed by atoms with Crippen LogP contribution in [0.1, 0.15) is 43.1 Å². The summed E-state index contributed by atoms with van der Waals surface area (Å²) in [6.45, 7) is 11.6. The third kappa shape index (κ3) is 1.88. The van der Waals surface area contributed by atoms with Crippen LogP contribution < -0.4 is 4.74 Å². The summed E-state index contributed by atoms with van der Waals surface area (Å²) < 4.78 is 6.14. The molecule has 0 bridgehead atoms. The van der Waals surface area contributed by atoms with Gasteiger partial charge in [-0.2, -0.15) is 0 Å². The molecule has 1 aromatic rings. The summed E-state index contributed by atoms with van der Waals surface area (Å²) in [5, 5.41) is 0. The fourth-order valence-electron chi connectivity index (χ4n) is 4.15. The van der Waals surface area contributed by atoms with E-state index in [-0.39, 0.29) is 11.6 Å². The number of rotatable bonds is 1. The number of carbonyl (C=O) groups is 2. The molecule has 0 amide bonds. The Bertz CT molecular complexity index is 686. The second-order valence-corrected chi connectivity index (χ2v) is 7.33. The zero-order chi connectivity index (χ0) is 16.3. The van der Waals surface area contributed by atoms with E-state index in [0.717, 1.165) is 5.56 Å². The Hall–Kier alpha value is -1.90. The fourth-order valence-corrected chi connectivity index (χ4v) is 4.15. The van der Waals surface area contributed by atoms with Crippen molar-refractivity contribution in [3.63, 3.8) is 0 Å². The summed E-state index contributed by atoms with van der Waals surface area (Å²) in [6, 6.07) is 5.61. The average molecular weight is 298 g/mol. The maximum atomic E-state index is 13.3. The normalized spacial score (nSPS) is 32.7. The fraction of sp³-hybridized carbons (Fsp3) is 0.474. The van der Waals surface area contributed by atoms with Gasteiger partial charge in [-0.1, -0.05) is 25.1 Å². The molecule has 3 nitrogen and oxygen atoms in total. The molecule has 0 saturated heterocycles. The molecule has 0 spiro atoms. The largest absolute Gasteiger partial charge is 0.486 e. The lowest BCUT2D eigenvalue weighted by molar-refractivity contribution is -0.126. The van der Waals surface area contributed by atoms with Crippen molar-refractivity contribution in [3.8, 4) is 5.75 Å². The second kappa shape index (κ2) is 4.55. The molecule has 1 aliphatic carbocycles. The quantitative estimate of drug-likeness (QED) is 0.742. The Morgan fingerprint density at radius 2 is 1.91 bits per heavy atom. The first-order valence-electron chi connectivity index (χ1n) is 7.70. The summed E-state index contributed by atoms with van der Waals surface area (Å²) >= 11 is 0. The Kier molecular flexibility index (Phi) is 3.10. The van der Waals surface area contributed by atoms with Crippen molar-refractivity contribution in [3.05, 3.63) is 42.0 Å². The van der Waals surface area contributed by atoms with Crippen molar-refractivity contribution in [1.29, 1.82) is 0 Å². The number of aryl methyl sites for hydroxylation is 1. The maximum absolute atomic E-state index is 13.3. The highest BCUT2D eigenvalue weighted by Crippen LogP contribution is 2.54. The molecule has 1 fully saturated rings. The van der Waals surface area contributed by atoms with Crippen LogP contribution in [0.25, 0.3) is 0 Å². The van der Waals surface area contributed by atoms with Gasteiger partial charge in [0, 0.05) is 17.8 Å². The van der Waals surface area contributed by atoms with Crippen LogP contribution in [0.15, 0.2) is 30.9 Å². The van der Waals surface area contributed by atoms with E-state index >= 15 is 0 Å². The Morgan fingerprint density at radius 3 is 2.55 bits per heavy atom. The highest BCUT2D eigenvalue weighted by molar-refractivity contribution is 6.07. The van der Waals surface area contributed by atoms with Crippen LogP contribution in [-0.2, 0) is 4.79 Å². The lowest BCUT2D eigenvalue weighted by atomic mass is 9.69. The van der Waals surface area contributed by atoms with Gasteiger partial charge in [-0.05, 0) is 32.4 Å². The molecule has 1 heterocycles. The highest BCUT2D eigenvalue weighted by Gasteiger charge is 2.60. The van der Waals surface area contributed by atoms with Gasteiger partial charge in [0.15, 0.2) is 5.78 Å². The van der Waals surface area contributed by atoms with Gasteiger partial charge < -0.3 is 4.74 Å². The third-order valence-corrected chi connectivity index (χ3v) is 5.30. The molecule has 1 aliphatic heterocycles. The Balaban J connectivity index is 2.28. The van der Waals surface area contributed by atoms with Crippen LogP contribution in [0.5, 0.6) is 5.75 Å². The first-order valence-corrected chi connectivity index (χ1v) is 7.70. The number of hydrogen-bond acceptors (Lipinski definition) is 3. The molecule has 0 N–H and O–H groups in total. The number of fused-ring (bicyclic) bond motifs is 2. The van der Waals surface area contributed by atoms with Crippen molar-refractivity contribution >= 4 is 11.6 Å². The van der Waals surface area contributed by atoms with Crippen LogP contribution in [0.2, 0.25) is 0 Å². The predicted octanol–water partition coefficient (Wildman–Crippen LogP) is 3.75. The van der Waals surface area contributed by atoms with Gasteiger partial charge in [-0.3, -0.25) is 9.59 Å². The summed E-state index contributed by atoms with van der Waals surface area (Å²) in [6.07, 6.45) is 2.12. The van der Waals surface area contributed by atoms with Gasteiger partial charge in [0.25, 0.3) is 0 Å². The second-order valence-electron chi connectivity index (χ2n) is 7.33. The Morgan fingerprint density at radius 1 is 1.23 bits per heavy atom. The lowest BCUT2D eigenvalue weighted by Crippen LogP contribution is -2.44. The van der Waals surface area contributed by atoms with Crippen LogP contribution in [0.3, 0.4) is 0 Å². The Labute approximate surface area is 131 Å². The third-order valence-electron chi connectivity index (χ3n) is 5.30.